The van der Waals surface area contributed by atoms with Crippen LogP contribution < -0.4 is 0 Å². The molecule has 1 fully saturated rings. The first-order valence-corrected chi connectivity index (χ1v) is 5.66. The number of ether oxygens (including phenoxy) is 1. The van der Waals surface area contributed by atoms with E-state index in [4.69, 9.17) is 0 Å². The summed E-state index contributed by atoms with van der Waals surface area (Å²) >= 11 is 0. The van der Waals surface area contributed by atoms with Crippen molar-refractivity contribution in [3.63, 3.8) is 0 Å². The van der Waals surface area contributed by atoms with Gasteiger partial charge in [0.1, 0.15) is 12.4 Å². The summed E-state index contributed by atoms with van der Waals surface area (Å²) in [6, 6.07) is 0. The van der Waals surface area contributed by atoms with E-state index >= 15 is 0 Å². The van der Waals surface area contributed by atoms with Crippen LogP contribution in [0.2, 0.25) is 0 Å². The van der Waals surface area contributed by atoms with Crippen LogP contribution in [0.5, 0.6) is 0 Å². The molecule has 0 bridgehead atoms. The van der Waals surface area contributed by atoms with Gasteiger partial charge in [0.05, 0.1) is 0 Å². The molecule has 2 nitrogen and oxygen atoms in total. The van der Waals surface area contributed by atoms with Crippen molar-refractivity contribution in [2.24, 2.45) is 5.92 Å². The van der Waals surface area contributed by atoms with Gasteiger partial charge in [-0.15, -0.1) is 0 Å². The van der Waals surface area contributed by atoms with E-state index in [1.807, 2.05) is 0 Å². The van der Waals surface area contributed by atoms with Crippen molar-refractivity contribution in [3.05, 3.63) is 0 Å². The van der Waals surface area contributed by atoms with Gasteiger partial charge >= 0.3 is 6.18 Å². The number of hydrogen-bond acceptors (Lipinski definition) is 2. The Bertz CT molecular complexity index is 226. The molecular weight excluding hydrogens is 221 g/mol. The average Bonchev–Trinajstić information content (AvgIpc) is 2.18. The second-order valence-electron chi connectivity index (χ2n) is 4.22. The molecule has 1 aliphatic carbocycles. The van der Waals surface area contributed by atoms with Gasteiger partial charge in [0.15, 0.2) is 0 Å². The summed E-state index contributed by atoms with van der Waals surface area (Å²) < 4.78 is 39.6. The molecule has 0 radical (unpaired) electrons. The highest BCUT2D eigenvalue weighted by Crippen LogP contribution is 2.24. The van der Waals surface area contributed by atoms with Gasteiger partial charge < -0.3 is 4.74 Å². The van der Waals surface area contributed by atoms with Gasteiger partial charge in [-0.2, -0.15) is 13.2 Å². The van der Waals surface area contributed by atoms with E-state index in [1.165, 1.54) is 0 Å². The van der Waals surface area contributed by atoms with Gasteiger partial charge in [-0.3, -0.25) is 4.79 Å². The first-order chi connectivity index (χ1) is 7.49. The maximum absolute atomic E-state index is 11.7. The topological polar surface area (TPSA) is 26.3 Å². The van der Waals surface area contributed by atoms with Gasteiger partial charge in [0.25, 0.3) is 0 Å². The largest absolute Gasteiger partial charge is 0.411 e. The van der Waals surface area contributed by atoms with Crippen molar-refractivity contribution >= 4 is 5.78 Å². The van der Waals surface area contributed by atoms with E-state index < -0.39 is 12.8 Å². The van der Waals surface area contributed by atoms with Gasteiger partial charge in [-0.05, 0) is 25.7 Å². The van der Waals surface area contributed by atoms with E-state index in [2.05, 4.69) is 4.74 Å². The molecule has 1 atom stereocenters. The standard InChI is InChI=1S/C11H17F3O2/c12-11(13,14)8-16-7-3-5-9-4-1-2-6-10(9)15/h9H,1-8H2. The van der Waals surface area contributed by atoms with E-state index in [0.29, 0.717) is 19.3 Å². The summed E-state index contributed by atoms with van der Waals surface area (Å²) in [5.74, 6) is 0.324. The molecule has 0 aliphatic heterocycles. The van der Waals surface area contributed by atoms with Crippen molar-refractivity contribution in [2.75, 3.05) is 13.2 Å². The molecule has 0 aromatic carbocycles. The summed E-state index contributed by atoms with van der Waals surface area (Å²) in [7, 11) is 0. The van der Waals surface area contributed by atoms with Crippen molar-refractivity contribution in [1.82, 2.24) is 0 Å². The fourth-order valence-electron chi connectivity index (χ4n) is 1.98. The monoisotopic (exact) mass is 238 g/mol. The Hall–Kier alpha value is -0.580. The van der Waals surface area contributed by atoms with Gasteiger partial charge in [-0.1, -0.05) is 6.42 Å². The van der Waals surface area contributed by atoms with Crippen LogP contribution in [0.4, 0.5) is 13.2 Å². The van der Waals surface area contributed by atoms with E-state index in [0.717, 1.165) is 19.3 Å². The summed E-state index contributed by atoms with van der Waals surface area (Å²) in [5, 5.41) is 0. The molecule has 1 saturated carbocycles. The number of Topliss-reactive ketones (excluding diaryl/α,β-unsaturated/α-hetero) is 1. The van der Waals surface area contributed by atoms with Crippen LogP contribution in [0.15, 0.2) is 0 Å². The summed E-state index contributed by atoms with van der Waals surface area (Å²) in [4.78, 5) is 11.4. The predicted octanol–water partition coefficient (Wildman–Crippen LogP) is 3.10. The van der Waals surface area contributed by atoms with Crippen molar-refractivity contribution in [1.29, 1.82) is 0 Å². The molecule has 1 unspecified atom stereocenters. The Kier molecular flexibility index (Phi) is 5.25. The quantitative estimate of drug-likeness (QED) is 0.688. The van der Waals surface area contributed by atoms with Crippen LogP contribution in [0, 0.1) is 5.92 Å². The minimum absolute atomic E-state index is 0.0586. The van der Waals surface area contributed by atoms with E-state index in [1.54, 1.807) is 0 Å². The first-order valence-electron chi connectivity index (χ1n) is 5.66. The zero-order chi connectivity index (χ0) is 12.0. The van der Waals surface area contributed by atoms with Crippen LogP contribution in [-0.4, -0.2) is 25.2 Å². The highest BCUT2D eigenvalue weighted by molar-refractivity contribution is 5.81. The molecule has 0 aromatic rings. The Morgan fingerprint density at radius 3 is 2.69 bits per heavy atom. The Morgan fingerprint density at radius 1 is 1.31 bits per heavy atom. The summed E-state index contributed by atoms with van der Waals surface area (Å²) in [6.45, 7) is -1.10. The third-order valence-electron chi connectivity index (χ3n) is 2.79. The molecule has 0 heterocycles. The molecule has 16 heavy (non-hydrogen) atoms. The molecule has 0 saturated heterocycles. The molecule has 5 heteroatoms. The number of hydrogen-bond donors (Lipinski definition) is 0. The second kappa shape index (κ2) is 6.23. The van der Waals surface area contributed by atoms with Crippen LogP contribution in [-0.2, 0) is 9.53 Å². The third kappa shape index (κ3) is 5.49. The lowest BCUT2D eigenvalue weighted by Gasteiger charge is -2.20. The number of rotatable bonds is 5. The zero-order valence-corrected chi connectivity index (χ0v) is 9.18. The lowest BCUT2D eigenvalue weighted by molar-refractivity contribution is -0.174. The SMILES string of the molecule is O=C1CCCCC1CCCOCC(F)(F)F. The Morgan fingerprint density at radius 2 is 2.06 bits per heavy atom. The molecule has 1 aliphatic rings. The van der Waals surface area contributed by atoms with Crippen molar-refractivity contribution in [2.45, 2.75) is 44.7 Å². The lowest BCUT2D eigenvalue weighted by atomic mass is 9.85. The molecule has 0 amide bonds. The minimum atomic E-state index is -4.25. The third-order valence-corrected chi connectivity index (χ3v) is 2.79. The molecule has 1 rings (SSSR count). The number of alkyl halides is 3. The fourth-order valence-corrected chi connectivity index (χ4v) is 1.98. The molecular formula is C11H17F3O2. The highest BCUT2D eigenvalue weighted by atomic mass is 19.4. The Labute approximate surface area is 93.2 Å². The van der Waals surface area contributed by atoms with Crippen LogP contribution >= 0.6 is 0 Å². The molecule has 94 valence electrons. The summed E-state index contributed by atoms with van der Waals surface area (Å²) in [5.41, 5.74) is 0. The van der Waals surface area contributed by atoms with Gasteiger partial charge in [0, 0.05) is 18.9 Å². The fraction of sp³-hybridized carbons (Fsp3) is 0.909. The van der Waals surface area contributed by atoms with Crippen molar-refractivity contribution in [3.8, 4) is 0 Å². The highest BCUT2D eigenvalue weighted by Gasteiger charge is 2.27. The normalized spacial score (nSPS) is 22.4. The number of ketones is 1. The number of carbonyl (C=O) groups is 1. The number of carbonyl (C=O) groups excluding carboxylic acids is 1. The van der Waals surface area contributed by atoms with Crippen LogP contribution in [0.1, 0.15) is 38.5 Å². The maximum Gasteiger partial charge on any atom is 0.411 e. The van der Waals surface area contributed by atoms with Gasteiger partial charge in [-0.25, -0.2) is 0 Å². The molecule has 0 aromatic heterocycles. The van der Waals surface area contributed by atoms with Crippen LogP contribution in [0.25, 0.3) is 0 Å². The summed E-state index contributed by atoms with van der Waals surface area (Å²) in [6.07, 6.45) is 0.482. The second-order valence-corrected chi connectivity index (χ2v) is 4.22. The smallest absolute Gasteiger partial charge is 0.372 e. The lowest BCUT2D eigenvalue weighted by Crippen LogP contribution is -2.20. The van der Waals surface area contributed by atoms with Gasteiger partial charge in [0.2, 0.25) is 0 Å². The zero-order valence-electron chi connectivity index (χ0n) is 9.18. The van der Waals surface area contributed by atoms with E-state index in [-0.39, 0.29) is 18.3 Å². The average molecular weight is 238 g/mol. The maximum atomic E-state index is 11.7. The first kappa shape index (κ1) is 13.5. The minimum Gasteiger partial charge on any atom is -0.372 e. The molecule has 0 spiro atoms. The van der Waals surface area contributed by atoms with E-state index in [9.17, 15) is 18.0 Å². The predicted molar refractivity (Wildman–Crippen MR) is 53.1 cm³/mol. The Balaban J connectivity index is 2.04. The van der Waals surface area contributed by atoms with Crippen molar-refractivity contribution < 1.29 is 22.7 Å². The number of halogens is 3. The van der Waals surface area contributed by atoms with Crippen LogP contribution in [0.3, 0.4) is 0 Å². The molecule has 0 N–H and O–H groups in total.